The predicted molar refractivity (Wildman–Crippen MR) is 61.2 cm³/mol. The first-order chi connectivity index (χ1) is 8.03. The summed E-state index contributed by atoms with van der Waals surface area (Å²) in [4.78, 5) is 11.4. The Labute approximate surface area is 100 Å². The third kappa shape index (κ3) is 3.28. The van der Waals surface area contributed by atoms with Gasteiger partial charge in [0.2, 0.25) is 0 Å². The Morgan fingerprint density at radius 1 is 1.18 bits per heavy atom. The van der Waals surface area contributed by atoms with Crippen molar-refractivity contribution in [2.24, 2.45) is 0 Å². The molecule has 0 N–H and O–H groups in total. The molecular formula is C11H14O5S. The Hall–Kier alpha value is -1.40. The number of benzene rings is 1. The van der Waals surface area contributed by atoms with E-state index in [1.807, 2.05) is 0 Å². The van der Waals surface area contributed by atoms with Crippen LogP contribution >= 0.6 is 0 Å². The molecular weight excluding hydrogens is 244 g/mol. The fraction of sp³-hybridized carbons (Fsp3) is 0.364. The fourth-order valence-electron chi connectivity index (χ4n) is 1.28. The second kappa shape index (κ2) is 5.79. The van der Waals surface area contributed by atoms with Crippen LogP contribution in [-0.2, 0) is 19.0 Å². The van der Waals surface area contributed by atoms with E-state index in [1.165, 1.54) is 18.2 Å². The SMILES string of the molecule is CCOC(=O)c1ccccc1S(=O)(=O)OCC. The minimum Gasteiger partial charge on any atom is -0.462 e. The fourth-order valence-corrected chi connectivity index (χ4v) is 2.38. The first-order valence-electron chi connectivity index (χ1n) is 5.18. The molecule has 0 aromatic heterocycles. The highest BCUT2D eigenvalue weighted by Crippen LogP contribution is 2.18. The molecule has 0 unspecified atom stereocenters. The van der Waals surface area contributed by atoms with Crippen molar-refractivity contribution in [3.8, 4) is 0 Å². The molecule has 1 aromatic rings. The van der Waals surface area contributed by atoms with Gasteiger partial charge in [0.15, 0.2) is 0 Å². The van der Waals surface area contributed by atoms with Crippen LogP contribution in [0.5, 0.6) is 0 Å². The van der Waals surface area contributed by atoms with Crippen LogP contribution in [0.2, 0.25) is 0 Å². The Bertz CT molecular complexity index is 492. The smallest absolute Gasteiger partial charge is 0.339 e. The van der Waals surface area contributed by atoms with E-state index < -0.39 is 16.1 Å². The van der Waals surface area contributed by atoms with Crippen LogP contribution in [0, 0.1) is 0 Å². The van der Waals surface area contributed by atoms with Gasteiger partial charge in [-0.3, -0.25) is 4.18 Å². The van der Waals surface area contributed by atoms with E-state index in [0.717, 1.165) is 0 Å². The van der Waals surface area contributed by atoms with E-state index in [-0.39, 0.29) is 23.7 Å². The summed E-state index contributed by atoms with van der Waals surface area (Å²) < 4.78 is 32.9. The van der Waals surface area contributed by atoms with E-state index in [1.54, 1.807) is 19.9 Å². The Kier molecular flexibility index (Phi) is 4.65. The zero-order valence-corrected chi connectivity index (χ0v) is 10.5. The van der Waals surface area contributed by atoms with Gasteiger partial charge in [-0.05, 0) is 26.0 Å². The van der Waals surface area contributed by atoms with E-state index in [9.17, 15) is 13.2 Å². The Morgan fingerprint density at radius 3 is 2.41 bits per heavy atom. The first-order valence-corrected chi connectivity index (χ1v) is 6.59. The predicted octanol–water partition coefficient (Wildman–Crippen LogP) is 1.59. The molecule has 1 rings (SSSR count). The maximum Gasteiger partial charge on any atom is 0.339 e. The van der Waals surface area contributed by atoms with Crippen LogP contribution in [-0.4, -0.2) is 27.6 Å². The number of carbonyl (C=O) groups is 1. The third-order valence-corrected chi connectivity index (χ3v) is 3.37. The topological polar surface area (TPSA) is 69.7 Å². The molecule has 5 nitrogen and oxygen atoms in total. The van der Waals surface area contributed by atoms with Crippen molar-refractivity contribution in [2.75, 3.05) is 13.2 Å². The summed E-state index contributed by atoms with van der Waals surface area (Å²) in [6, 6.07) is 5.80. The summed E-state index contributed by atoms with van der Waals surface area (Å²) in [7, 11) is -3.91. The number of esters is 1. The lowest BCUT2D eigenvalue weighted by molar-refractivity contribution is 0.0521. The number of carbonyl (C=O) groups excluding carboxylic acids is 1. The molecule has 17 heavy (non-hydrogen) atoms. The van der Waals surface area contributed by atoms with Gasteiger partial charge in [0.25, 0.3) is 10.1 Å². The van der Waals surface area contributed by atoms with Gasteiger partial charge >= 0.3 is 5.97 Å². The molecule has 0 aliphatic rings. The second-order valence-corrected chi connectivity index (χ2v) is 4.66. The van der Waals surface area contributed by atoms with Gasteiger partial charge in [-0.25, -0.2) is 4.79 Å². The minimum absolute atomic E-state index is 0.0113. The third-order valence-electron chi connectivity index (χ3n) is 1.92. The van der Waals surface area contributed by atoms with Crippen LogP contribution in [0.4, 0.5) is 0 Å². The molecule has 0 atom stereocenters. The normalized spacial score (nSPS) is 11.2. The summed E-state index contributed by atoms with van der Waals surface area (Å²) in [5, 5.41) is 0. The van der Waals surface area contributed by atoms with E-state index in [2.05, 4.69) is 4.18 Å². The van der Waals surface area contributed by atoms with E-state index >= 15 is 0 Å². The van der Waals surface area contributed by atoms with Crippen molar-refractivity contribution in [3.63, 3.8) is 0 Å². The number of ether oxygens (including phenoxy) is 1. The van der Waals surface area contributed by atoms with Gasteiger partial charge in [-0.15, -0.1) is 0 Å². The molecule has 0 radical (unpaired) electrons. The molecule has 0 spiro atoms. The summed E-state index contributed by atoms with van der Waals surface area (Å²) in [5.41, 5.74) is -0.0113. The molecule has 0 heterocycles. The molecule has 0 aliphatic carbocycles. The number of hydrogen-bond donors (Lipinski definition) is 0. The van der Waals surface area contributed by atoms with Crippen molar-refractivity contribution in [1.82, 2.24) is 0 Å². The quantitative estimate of drug-likeness (QED) is 0.592. The largest absolute Gasteiger partial charge is 0.462 e. The first kappa shape index (κ1) is 13.7. The van der Waals surface area contributed by atoms with Crippen LogP contribution < -0.4 is 0 Å². The number of rotatable bonds is 5. The lowest BCUT2D eigenvalue weighted by Gasteiger charge is -2.08. The summed E-state index contributed by atoms with van der Waals surface area (Å²) in [5.74, 6) is -0.675. The average molecular weight is 258 g/mol. The number of hydrogen-bond acceptors (Lipinski definition) is 5. The lowest BCUT2D eigenvalue weighted by atomic mass is 10.2. The van der Waals surface area contributed by atoms with Gasteiger partial charge in [0.1, 0.15) is 4.90 Å². The minimum atomic E-state index is -3.91. The molecule has 0 saturated heterocycles. The van der Waals surface area contributed by atoms with Gasteiger partial charge < -0.3 is 4.74 Å². The highest BCUT2D eigenvalue weighted by atomic mass is 32.2. The van der Waals surface area contributed by atoms with Crippen molar-refractivity contribution in [3.05, 3.63) is 29.8 Å². The van der Waals surface area contributed by atoms with E-state index in [0.29, 0.717) is 0 Å². The maximum atomic E-state index is 11.7. The molecule has 1 aromatic carbocycles. The van der Waals surface area contributed by atoms with Crippen molar-refractivity contribution in [2.45, 2.75) is 18.7 Å². The van der Waals surface area contributed by atoms with Crippen molar-refractivity contribution < 1.29 is 22.1 Å². The molecule has 0 fully saturated rings. The average Bonchev–Trinajstić information content (AvgIpc) is 2.29. The van der Waals surface area contributed by atoms with Crippen molar-refractivity contribution in [1.29, 1.82) is 0 Å². The van der Waals surface area contributed by atoms with Gasteiger partial charge in [0.05, 0.1) is 18.8 Å². The van der Waals surface area contributed by atoms with Gasteiger partial charge in [0, 0.05) is 0 Å². The monoisotopic (exact) mass is 258 g/mol. The summed E-state index contributed by atoms with van der Waals surface area (Å²) in [6.07, 6.45) is 0. The zero-order chi connectivity index (χ0) is 12.9. The maximum absolute atomic E-state index is 11.7. The molecule has 0 bridgehead atoms. The second-order valence-electron chi connectivity index (χ2n) is 3.08. The molecule has 6 heteroatoms. The summed E-state index contributed by atoms with van der Waals surface area (Å²) in [6.45, 7) is 3.41. The molecule has 0 aliphatic heterocycles. The lowest BCUT2D eigenvalue weighted by Crippen LogP contribution is -2.14. The molecule has 0 saturated carbocycles. The Balaban J connectivity index is 3.21. The van der Waals surface area contributed by atoms with Gasteiger partial charge in [-0.2, -0.15) is 8.42 Å². The standard InChI is InChI=1S/C11H14O5S/c1-3-15-11(12)9-7-5-6-8-10(9)17(13,14)16-4-2/h5-8H,3-4H2,1-2H3. The van der Waals surface area contributed by atoms with Crippen LogP contribution in [0.1, 0.15) is 24.2 Å². The summed E-state index contributed by atoms with van der Waals surface area (Å²) >= 11 is 0. The highest BCUT2D eigenvalue weighted by molar-refractivity contribution is 7.86. The van der Waals surface area contributed by atoms with Crippen LogP contribution in [0.15, 0.2) is 29.2 Å². The Morgan fingerprint density at radius 2 is 1.82 bits per heavy atom. The molecule has 94 valence electrons. The van der Waals surface area contributed by atoms with Crippen LogP contribution in [0.3, 0.4) is 0 Å². The van der Waals surface area contributed by atoms with Gasteiger partial charge in [-0.1, -0.05) is 12.1 Å². The van der Waals surface area contributed by atoms with Crippen LogP contribution in [0.25, 0.3) is 0 Å². The van der Waals surface area contributed by atoms with E-state index in [4.69, 9.17) is 4.74 Å². The molecule has 0 amide bonds. The highest BCUT2D eigenvalue weighted by Gasteiger charge is 2.23. The zero-order valence-electron chi connectivity index (χ0n) is 9.67. The van der Waals surface area contributed by atoms with Crippen molar-refractivity contribution >= 4 is 16.1 Å².